The number of rotatable bonds is 5. The number of nitrogens with zero attached hydrogens (tertiary/aromatic N) is 3. The molecule has 5 nitrogen and oxygen atoms in total. The third kappa shape index (κ3) is 2.98. The van der Waals surface area contributed by atoms with Crippen molar-refractivity contribution >= 4 is 17.7 Å². The molecule has 0 bridgehead atoms. The second-order valence-corrected chi connectivity index (χ2v) is 5.45. The number of amides is 1. The van der Waals surface area contributed by atoms with Crippen molar-refractivity contribution in [3.63, 3.8) is 0 Å². The van der Waals surface area contributed by atoms with Crippen LogP contribution in [0.3, 0.4) is 0 Å². The number of hydrogen-bond acceptors (Lipinski definition) is 4. The summed E-state index contributed by atoms with van der Waals surface area (Å²) in [5.74, 6) is -0.221. The lowest BCUT2D eigenvalue weighted by atomic mass is 10.2. The Morgan fingerprint density at radius 2 is 2.10 bits per heavy atom. The Morgan fingerprint density at radius 3 is 2.70 bits per heavy atom. The van der Waals surface area contributed by atoms with Gasteiger partial charge in [0.05, 0.1) is 11.3 Å². The lowest BCUT2D eigenvalue weighted by molar-refractivity contribution is -0.115. The minimum atomic E-state index is -0.430. The number of aromatic nitrogens is 3. The van der Waals surface area contributed by atoms with Gasteiger partial charge in [0.2, 0.25) is 5.91 Å². The SMILES string of the molecule is CC(C)n1c(SCC(N)=O)nnc1-c1ccccc1F. The van der Waals surface area contributed by atoms with E-state index in [2.05, 4.69) is 10.2 Å². The second kappa shape index (κ2) is 6.04. The van der Waals surface area contributed by atoms with Crippen LogP contribution in [0.1, 0.15) is 19.9 Å². The number of carbonyl (C=O) groups is 1. The number of hydrogen-bond donors (Lipinski definition) is 1. The molecule has 0 unspecified atom stereocenters. The molecule has 2 aromatic rings. The number of halogens is 1. The van der Waals surface area contributed by atoms with E-state index in [-0.39, 0.29) is 17.6 Å². The Hall–Kier alpha value is -1.89. The van der Waals surface area contributed by atoms with Crippen LogP contribution in [0.4, 0.5) is 4.39 Å². The van der Waals surface area contributed by atoms with Crippen molar-refractivity contribution in [2.45, 2.75) is 25.0 Å². The van der Waals surface area contributed by atoms with Gasteiger partial charge in [0.1, 0.15) is 5.82 Å². The smallest absolute Gasteiger partial charge is 0.227 e. The molecule has 0 aliphatic rings. The van der Waals surface area contributed by atoms with Crippen molar-refractivity contribution < 1.29 is 9.18 Å². The van der Waals surface area contributed by atoms with Crippen LogP contribution in [-0.4, -0.2) is 26.4 Å². The predicted octanol–water partition coefficient (Wildman–Crippen LogP) is 2.24. The topological polar surface area (TPSA) is 73.8 Å². The molecule has 0 spiro atoms. The number of thioether (sulfide) groups is 1. The van der Waals surface area contributed by atoms with Crippen molar-refractivity contribution in [1.82, 2.24) is 14.8 Å². The van der Waals surface area contributed by atoms with E-state index in [4.69, 9.17) is 5.73 Å². The summed E-state index contributed by atoms with van der Waals surface area (Å²) in [4.78, 5) is 10.9. The molecule has 106 valence electrons. The van der Waals surface area contributed by atoms with Crippen LogP contribution in [0.5, 0.6) is 0 Å². The van der Waals surface area contributed by atoms with Crippen LogP contribution in [0, 0.1) is 5.82 Å². The quantitative estimate of drug-likeness (QED) is 0.858. The molecule has 0 radical (unpaired) electrons. The van der Waals surface area contributed by atoms with Gasteiger partial charge in [-0.2, -0.15) is 0 Å². The summed E-state index contributed by atoms with van der Waals surface area (Å²) in [5, 5.41) is 8.63. The molecule has 0 aliphatic carbocycles. The van der Waals surface area contributed by atoms with E-state index in [1.807, 2.05) is 13.8 Å². The average Bonchev–Trinajstić information content (AvgIpc) is 2.80. The minimum Gasteiger partial charge on any atom is -0.369 e. The van der Waals surface area contributed by atoms with Gasteiger partial charge in [0.15, 0.2) is 11.0 Å². The number of primary amides is 1. The predicted molar refractivity (Wildman–Crippen MR) is 75.7 cm³/mol. The van der Waals surface area contributed by atoms with Crippen molar-refractivity contribution in [1.29, 1.82) is 0 Å². The Balaban J connectivity index is 2.44. The van der Waals surface area contributed by atoms with E-state index in [1.165, 1.54) is 17.8 Å². The monoisotopic (exact) mass is 294 g/mol. The van der Waals surface area contributed by atoms with Crippen molar-refractivity contribution in [2.75, 3.05) is 5.75 Å². The zero-order valence-electron chi connectivity index (χ0n) is 11.2. The largest absolute Gasteiger partial charge is 0.369 e. The van der Waals surface area contributed by atoms with Gasteiger partial charge in [-0.05, 0) is 26.0 Å². The molecule has 0 aliphatic heterocycles. The molecule has 2 N–H and O–H groups in total. The molecule has 1 aromatic carbocycles. The summed E-state index contributed by atoms with van der Waals surface area (Å²) in [6.07, 6.45) is 0. The van der Waals surface area contributed by atoms with Crippen LogP contribution in [-0.2, 0) is 4.79 Å². The summed E-state index contributed by atoms with van der Waals surface area (Å²) in [5.41, 5.74) is 5.52. The molecule has 0 saturated carbocycles. The molecule has 1 aromatic heterocycles. The molecule has 0 saturated heterocycles. The van der Waals surface area contributed by atoms with Crippen molar-refractivity contribution in [3.8, 4) is 11.4 Å². The van der Waals surface area contributed by atoms with Gasteiger partial charge in [0, 0.05) is 6.04 Å². The molecular weight excluding hydrogens is 279 g/mol. The highest BCUT2D eigenvalue weighted by molar-refractivity contribution is 7.99. The highest BCUT2D eigenvalue weighted by Gasteiger charge is 2.19. The average molecular weight is 294 g/mol. The van der Waals surface area contributed by atoms with Crippen LogP contribution >= 0.6 is 11.8 Å². The highest BCUT2D eigenvalue weighted by Crippen LogP contribution is 2.28. The maximum Gasteiger partial charge on any atom is 0.227 e. The van der Waals surface area contributed by atoms with Gasteiger partial charge in [-0.25, -0.2) is 4.39 Å². The number of benzene rings is 1. The van der Waals surface area contributed by atoms with Gasteiger partial charge < -0.3 is 5.73 Å². The van der Waals surface area contributed by atoms with Crippen LogP contribution in [0.15, 0.2) is 29.4 Å². The Kier molecular flexibility index (Phi) is 4.39. The van der Waals surface area contributed by atoms with Gasteiger partial charge in [0.25, 0.3) is 0 Å². The highest BCUT2D eigenvalue weighted by atomic mass is 32.2. The zero-order valence-corrected chi connectivity index (χ0v) is 12.0. The van der Waals surface area contributed by atoms with Crippen LogP contribution < -0.4 is 5.73 Å². The summed E-state index contributed by atoms with van der Waals surface area (Å²) < 4.78 is 15.7. The van der Waals surface area contributed by atoms with Crippen molar-refractivity contribution in [2.24, 2.45) is 5.73 Å². The Bertz CT molecular complexity index is 627. The summed E-state index contributed by atoms with van der Waals surface area (Å²) in [6.45, 7) is 3.89. The second-order valence-electron chi connectivity index (χ2n) is 4.50. The first kappa shape index (κ1) is 14.5. The van der Waals surface area contributed by atoms with E-state index >= 15 is 0 Å². The lowest BCUT2D eigenvalue weighted by Crippen LogP contribution is -2.14. The van der Waals surface area contributed by atoms with Gasteiger partial charge in [-0.1, -0.05) is 23.9 Å². The first-order valence-corrected chi connectivity index (χ1v) is 7.10. The van der Waals surface area contributed by atoms with Crippen LogP contribution in [0.2, 0.25) is 0 Å². The first-order valence-electron chi connectivity index (χ1n) is 6.11. The molecule has 2 rings (SSSR count). The van der Waals surface area contributed by atoms with Gasteiger partial charge in [-0.15, -0.1) is 10.2 Å². The Morgan fingerprint density at radius 1 is 1.40 bits per heavy atom. The maximum atomic E-state index is 13.9. The summed E-state index contributed by atoms with van der Waals surface area (Å²) in [7, 11) is 0. The third-order valence-electron chi connectivity index (χ3n) is 2.64. The molecule has 7 heteroatoms. The van der Waals surface area contributed by atoms with Crippen molar-refractivity contribution in [3.05, 3.63) is 30.1 Å². The molecule has 1 amide bonds. The number of nitrogens with two attached hydrogens (primary N) is 1. The molecule has 1 heterocycles. The normalized spacial score (nSPS) is 11.0. The van der Waals surface area contributed by atoms with Gasteiger partial charge in [-0.3, -0.25) is 9.36 Å². The Labute approximate surface area is 120 Å². The fourth-order valence-corrected chi connectivity index (χ4v) is 2.61. The molecular formula is C13H15FN4OS. The zero-order chi connectivity index (χ0) is 14.7. The summed E-state index contributed by atoms with van der Waals surface area (Å²) >= 11 is 1.20. The first-order chi connectivity index (χ1) is 9.50. The van der Waals surface area contributed by atoms with E-state index in [0.717, 1.165) is 0 Å². The fourth-order valence-electron chi connectivity index (χ4n) is 1.80. The molecule has 0 fully saturated rings. The fraction of sp³-hybridized carbons (Fsp3) is 0.308. The maximum absolute atomic E-state index is 13.9. The molecule has 0 atom stereocenters. The molecule has 20 heavy (non-hydrogen) atoms. The standard InChI is InChI=1S/C13H15FN4OS/c1-8(2)18-12(9-5-3-4-6-10(9)14)16-17-13(18)20-7-11(15)19/h3-6,8H,7H2,1-2H3,(H2,15,19). The third-order valence-corrected chi connectivity index (χ3v) is 3.60. The van der Waals surface area contributed by atoms with E-state index in [1.54, 1.807) is 22.8 Å². The van der Waals surface area contributed by atoms with E-state index < -0.39 is 5.91 Å². The number of carbonyl (C=O) groups excluding carboxylic acids is 1. The van der Waals surface area contributed by atoms with E-state index in [9.17, 15) is 9.18 Å². The minimum absolute atomic E-state index is 0.0370. The van der Waals surface area contributed by atoms with Crippen LogP contribution in [0.25, 0.3) is 11.4 Å². The summed E-state index contributed by atoms with van der Waals surface area (Å²) in [6, 6.07) is 6.44. The lowest BCUT2D eigenvalue weighted by Gasteiger charge is -2.13. The van der Waals surface area contributed by atoms with Gasteiger partial charge >= 0.3 is 0 Å². The van der Waals surface area contributed by atoms with E-state index in [0.29, 0.717) is 16.5 Å².